The van der Waals surface area contributed by atoms with E-state index in [2.05, 4.69) is 6.58 Å². The van der Waals surface area contributed by atoms with Gasteiger partial charge in [0.25, 0.3) is 0 Å². The zero-order valence-electron chi connectivity index (χ0n) is 9.48. The Kier molecular flexibility index (Phi) is 5.06. The van der Waals surface area contributed by atoms with Crippen molar-refractivity contribution >= 4 is 5.97 Å². The van der Waals surface area contributed by atoms with E-state index in [0.29, 0.717) is 18.6 Å². The fraction of sp³-hybridized carbons (Fsp3) is 0.214. The minimum Gasteiger partial charge on any atom is -0.457 e. The quantitative estimate of drug-likeness (QED) is 0.429. The summed E-state index contributed by atoms with van der Waals surface area (Å²) in [5.41, 5.74) is 1.61. The van der Waals surface area contributed by atoms with Crippen LogP contribution in [0, 0.1) is 0 Å². The minimum atomic E-state index is -0.272. The fourth-order valence-electron chi connectivity index (χ4n) is 1.18. The molecule has 0 radical (unpaired) electrons. The van der Waals surface area contributed by atoms with Gasteiger partial charge in [0.15, 0.2) is 0 Å². The maximum absolute atomic E-state index is 11.5. The van der Waals surface area contributed by atoms with Gasteiger partial charge in [0.2, 0.25) is 0 Å². The molecule has 0 aliphatic rings. The SMILES string of the molecule is C=CCC=C(C)C(=O)OCc1ccccc1. The van der Waals surface area contributed by atoms with Crippen molar-refractivity contribution in [3.05, 3.63) is 60.2 Å². The summed E-state index contributed by atoms with van der Waals surface area (Å²) in [6.07, 6.45) is 4.24. The Bertz CT molecular complexity index is 377. The fourth-order valence-corrected chi connectivity index (χ4v) is 1.18. The van der Waals surface area contributed by atoms with E-state index >= 15 is 0 Å². The highest BCUT2D eigenvalue weighted by atomic mass is 16.5. The molecule has 0 spiro atoms. The average molecular weight is 216 g/mol. The van der Waals surface area contributed by atoms with Crippen molar-refractivity contribution in [1.29, 1.82) is 0 Å². The summed E-state index contributed by atoms with van der Waals surface area (Å²) in [5.74, 6) is -0.272. The van der Waals surface area contributed by atoms with Crippen molar-refractivity contribution in [1.82, 2.24) is 0 Å². The van der Waals surface area contributed by atoms with Crippen LogP contribution in [-0.2, 0) is 16.1 Å². The molecule has 0 saturated carbocycles. The van der Waals surface area contributed by atoms with Gasteiger partial charge >= 0.3 is 5.97 Å². The first-order valence-corrected chi connectivity index (χ1v) is 5.22. The first-order valence-electron chi connectivity index (χ1n) is 5.22. The smallest absolute Gasteiger partial charge is 0.333 e. The molecule has 0 unspecified atom stereocenters. The molecule has 0 aliphatic carbocycles. The van der Waals surface area contributed by atoms with Crippen LogP contribution in [0.5, 0.6) is 0 Å². The number of hydrogen-bond acceptors (Lipinski definition) is 2. The first kappa shape index (κ1) is 12.2. The second kappa shape index (κ2) is 6.62. The molecule has 0 bridgehead atoms. The Morgan fingerprint density at radius 2 is 2.06 bits per heavy atom. The minimum absolute atomic E-state index is 0.272. The van der Waals surface area contributed by atoms with E-state index in [-0.39, 0.29) is 5.97 Å². The molecule has 0 aromatic heterocycles. The third-order valence-corrected chi connectivity index (χ3v) is 2.13. The lowest BCUT2D eigenvalue weighted by Gasteiger charge is -2.04. The van der Waals surface area contributed by atoms with Crippen LogP contribution >= 0.6 is 0 Å². The van der Waals surface area contributed by atoms with Gasteiger partial charge in [-0.2, -0.15) is 0 Å². The lowest BCUT2D eigenvalue weighted by Crippen LogP contribution is -2.05. The Hall–Kier alpha value is -1.83. The predicted molar refractivity (Wildman–Crippen MR) is 64.8 cm³/mol. The molecule has 84 valence electrons. The van der Waals surface area contributed by atoms with Gasteiger partial charge in [-0.1, -0.05) is 42.5 Å². The number of ether oxygens (including phenoxy) is 1. The van der Waals surface area contributed by atoms with E-state index in [4.69, 9.17) is 4.74 Å². The Balaban J connectivity index is 2.44. The largest absolute Gasteiger partial charge is 0.457 e. The van der Waals surface area contributed by atoms with Crippen LogP contribution in [-0.4, -0.2) is 5.97 Å². The monoisotopic (exact) mass is 216 g/mol. The highest BCUT2D eigenvalue weighted by Crippen LogP contribution is 2.04. The molecule has 1 aromatic rings. The molecular formula is C14H16O2. The highest BCUT2D eigenvalue weighted by Gasteiger charge is 2.04. The molecule has 0 amide bonds. The summed E-state index contributed by atoms with van der Waals surface area (Å²) in [6, 6.07) is 9.62. The number of benzene rings is 1. The van der Waals surface area contributed by atoms with Crippen LogP contribution in [0.4, 0.5) is 0 Å². The molecular weight excluding hydrogens is 200 g/mol. The summed E-state index contributed by atoms with van der Waals surface area (Å²) in [5, 5.41) is 0. The van der Waals surface area contributed by atoms with E-state index in [1.54, 1.807) is 19.1 Å². The maximum Gasteiger partial charge on any atom is 0.333 e. The zero-order chi connectivity index (χ0) is 11.8. The van der Waals surface area contributed by atoms with Gasteiger partial charge in [0.05, 0.1) is 0 Å². The number of carbonyl (C=O) groups is 1. The van der Waals surface area contributed by atoms with E-state index in [0.717, 1.165) is 5.56 Å². The molecule has 0 N–H and O–H groups in total. The molecule has 1 rings (SSSR count). The number of carbonyl (C=O) groups excluding carboxylic acids is 1. The van der Waals surface area contributed by atoms with Gasteiger partial charge in [-0.3, -0.25) is 0 Å². The predicted octanol–water partition coefficient (Wildman–Crippen LogP) is 3.25. The van der Waals surface area contributed by atoms with Gasteiger partial charge in [-0.15, -0.1) is 6.58 Å². The Labute approximate surface area is 96.2 Å². The molecule has 0 saturated heterocycles. The summed E-state index contributed by atoms with van der Waals surface area (Å²) in [6.45, 7) is 5.65. The average Bonchev–Trinajstić information content (AvgIpc) is 2.34. The van der Waals surface area contributed by atoms with Crippen LogP contribution in [0.1, 0.15) is 18.9 Å². The zero-order valence-corrected chi connectivity index (χ0v) is 9.48. The van der Waals surface area contributed by atoms with E-state index < -0.39 is 0 Å². The number of rotatable bonds is 5. The van der Waals surface area contributed by atoms with Crippen molar-refractivity contribution < 1.29 is 9.53 Å². The summed E-state index contributed by atoms with van der Waals surface area (Å²) in [4.78, 5) is 11.5. The standard InChI is InChI=1S/C14H16O2/c1-3-4-8-12(2)14(15)16-11-13-9-6-5-7-10-13/h3,5-10H,1,4,11H2,2H3. The van der Waals surface area contributed by atoms with Crippen LogP contribution in [0.2, 0.25) is 0 Å². The first-order chi connectivity index (χ1) is 7.74. The summed E-state index contributed by atoms with van der Waals surface area (Å²) in [7, 11) is 0. The molecule has 0 aliphatic heterocycles. The molecule has 1 aromatic carbocycles. The summed E-state index contributed by atoms with van der Waals surface area (Å²) >= 11 is 0. The molecule has 2 heteroatoms. The normalized spacial score (nSPS) is 10.9. The lowest BCUT2D eigenvalue weighted by atomic mass is 10.2. The van der Waals surface area contributed by atoms with Crippen molar-refractivity contribution in [2.45, 2.75) is 20.0 Å². The van der Waals surface area contributed by atoms with Crippen LogP contribution in [0.15, 0.2) is 54.6 Å². The van der Waals surface area contributed by atoms with Crippen molar-refractivity contribution in [3.8, 4) is 0 Å². The van der Waals surface area contributed by atoms with E-state index in [9.17, 15) is 4.79 Å². The lowest BCUT2D eigenvalue weighted by molar-refractivity contribution is -0.140. The number of allylic oxidation sites excluding steroid dienone is 2. The number of hydrogen-bond donors (Lipinski definition) is 0. The molecule has 2 nitrogen and oxygen atoms in total. The van der Waals surface area contributed by atoms with E-state index in [1.807, 2.05) is 30.3 Å². The maximum atomic E-state index is 11.5. The highest BCUT2D eigenvalue weighted by molar-refractivity contribution is 5.87. The van der Waals surface area contributed by atoms with Gasteiger partial charge in [-0.05, 0) is 18.9 Å². The van der Waals surface area contributed by atoms with Crippen LogP contribution in [0.25, 0.3) is 0 Å². The van der Waals surface area contributed by atoms with Crippen LogP contribution < -0.4 is 0 Å². The topological polar surface area (TPSA) is 26.3 Å². The molecule has 0 heterocycles. The van der Waals surface area contributed by atoms with Crippen LogP contribution in [0.3, 0.4) is 0 Å². The van der Waals surface area contributed by atoms with Gasteiger partial charge in [0, 0.05) is 5.57 Å². The second-order valence-electron chi connectivity index (χ2n) is 3.47. The number of esters is 1. The van der Waals surface area contributed by atoms with Crippen molar-refractivity contribution in [2.24, 2.45) is 0 Å². The summed E-state index contributed by atoms with van der Waals surface area (Å²) < 4.78 is 5.15. The van der Waals surface area contributed by atoms with Crippen molar-refractivity contribution in [3.63, 3.8) is 0 Å². The third kappa shape index (κ3) is 4.13. The molecule has 16 heavy (non-hydrogen) atoms. The molecule has 0 fully saturated rings. The van der Waals surface area contributed by atoms with Gasteiger partial charge < -0.3 is 4.74 Å². The molecule has 0 atom stereocenters. The Morgan fingerprint density at radius 1 is 1.38 bits per heavy atom. The van der Waals surface area contributed by atoms with Crippen molar-refractivity contribution in [2.75, 3.05) is 0 Å². The second-order valence-corrected chi connectivity index (χ2v) is 3.47. The third-order valence-electron chi connectivity index (χ3n) is 2.13. The van der Waals surface area contributed by atoms with Gasteiger partial charge in [-0.25, -0.2) is 4.79 Å². The van der Waals surface area contributed by atoms with E-state index in [1.165, 1.54) is 0 Å². The Morgan fingerprint density at radius 3 is 2.69 bits per heavy atom. The van der Waals surface area contributed by atoms with Gasteiger partial charge in [0.1, 0.15) is 6.61 Å².